The normalized spacial score (nSPS) is 18.1. The average Bonchev–Trinajstić information content (AvgIpc) is 2.85. The average molecular weight is 308 g/mol. The van der Waals surface area contributed by atoms with E-state index < -0.39 is 0 Å². The fourth-order valence-corrected chi connectivity index (χ4v) is 2.59. The topological polar surface area (TPSA) is 80.2 Å². The van der Waals surface area contributed by atoms with Crippen molar-refractivity contribution in [1.82, 2.24) is 5.32 Å². The highest BCUT2D eigenvalue weighted by Gasteiger charge is 2.23. The number of hydrogen-bond acceptors (Lipinski definition) is 6. The Labute approximate surface area is 126 Å². The quantitative estimate of drug-likeness (QED) is 0.800. The monoisotopic (exact) mass is 308 g/mol. The lowest BCUT2D eigenvalue weighted by Gasteiger charge is -2.07. The lowest BCUT2D eigenvalue weighted by atomic mass is 10.2. The van der Waals surface area contributed by atoms with Crippen molar-refractivity contribution in [2.24, 2.45) is 4.99 Å². The van der Waals surface area contributed by atoms with Crippen LogP contribution in [0.5, 0.6) is 11.5 Å². The smallest absolute Gasteiger partial charge is 0.264 e. The second kappa shape index (κ2) is 7.14. The summed E-state index contributed by atoms with van der Waals surface area (Å²) in [5.41, 5.74) is 0.828. The Kier molecular flexibility index (Phi) is 5.24. The molecule has 6 nitrogen and oxygen atoms in total. The first-order valence-electron chi connectivity index (χ1n) is 6.26. The Morgan fingerprint density at radius 1 is 1.33 bits per heavy atom. The standard InChI is InChI=1S/C14H16N2O4S/c1-19-10-4-3-9(7-11(10)20-2)8-12-13(18)16-14(21-12)15-5-6-17/h3-4,7-8,17H,5-6H2,1-2H3,(H,15,16,18)/b12-8-. The number of aliphatic hydroxyl groups is 1. The van der Waals surface area contributed by atoms with Gasteiger partial charge in [-0.25, -0.2) is 0 Å². The number of nitrogens with one attached hydrogen (secondary N) is 1. The minimum atomic E-state index is -0.202. The molecular formula is C14H16N2O4S. The molecule has 7 heteroatoms. The van der Waals surface area contributed by atoms with Crippen molar-refractivity contribution in [3.8, 4) is 11.5 Å². The van der Waals surface area contributed by atoms with Crippen LogP contribution in [0.1, 0.15) is 5.56 Å². The highest BCUT2D eigenvalue weighted by Crippen LogP contribution is 2.31. The predicted molar refractivity (Wildman–Crippen MR) is 82.6 cm³/mol. The van der Waals surface area contributed by atoms with Gasteiger partial charge in [-0.05, 0) is 35.5 Å². The SMILES string of the molecule is COc1ccc(/C=C2\SC(=NCCO)NC2=O)cc1OC. The van der Waals surface area contributed by atoms with E-state index in [0.29, 0.717) is 21.6 Å². The number of thioether (sulfide) groups is 1. The van der Waals surface area contributed by atoms with Crippen LogP contribution in [0.3, 0.4) is 0 Å². The Morgan fingerprint density at radius 2 is 2.10 bits per heavy atom. The maximum absolute atomic E-state index is 11.8. The summed E-state index contributed by atoms with van der Waals surface area (Å²) in [5, 5.41) is 11.9. The number of amides is 1. The van der Waals surface area contributed by atoms with Crippen molar-refractivity contribution in [2.45, 2.75) is 0 Å². The van der Waals surface area contributed by atoms with Gasteiger partial charge in [0, 0.05) is 0 Å². The van der Waals surface area contributed by atoms with E-state index in [0.717, 1.165) is 5.56 Å². The van der Waals surface area contributed by atoms with E-state index in [4.69, 9.17) is 14.6 Å². The Hall–Kier alpha value is -1.99. The zero-order chi connectivity index (χ0) is 15.2. The molecule has 0 spiro atoms. The zero-order valence-electron chi connectivity index (χ0n) is 11.8. The number of rotatable bonds is 5. The predicted octanol–water partition coefficient (Wildman–Crippen LogP) is 1.26. The van der Waals surface area contributed by atoms with Gasteiger partial charge < -0.3 is 19.9 Å². The van der Waals surface area contributed by atoms with Crippen LogP contribution in [0.4, 0.5) is 0 Å². The van der Waals surface area contributed by atoms with Crippen molar-refractivity contribution in [1.29, 1.82) is 0 Å². The Bertz CT molecular complexity index is 599. The van der Waals surface area contributed by atoms with E-state index in [1.807, 2.05) is 6.07 Å². The number of carbonyl (C=O) groups excluding carboxylic acids is 1. The van der Waals surface area contributed by atoms with E-state index >= 15 is 0 Å². The highest BCUT2D eigenvalue weighted by atomic mass is 32.2. The molecule has 21 heavy (non-hydrogen) atoms. The van der Waals surface area contributed by atoms with Crippen molar-refractivity contribution in [3.63, 3.8) is 0 Å². The largest absolute Gasteiger partial charge is 0.493 e. The summed E-state index contributed by atoms with van der Waals surface area (Å²) in [6.07, 6.45) is 1.75. The molecule has 0 aromatic heterocycles. The molecule has 112 valence electrons. The maximum Gasteiger partial charge on any atom is 0.264 e. The molecule has 1 heterocycles. The Balaban J connectivity index is 2.22. The number of methoxy groups -OCH3 is 2. The molecule has 1 aliphatic rings. The number of ether oxygens (including phenoxy) is 2. The van der Waals surface area contributed by atoms with Crippen LogP contribution < -0.4 is 14.8 Å². The molecule has 1 amide bonds. The van der Waals surface area contributed by atoms with E-state index in [9.17, 15) is 4.79 Å². The number of carbonyl (C=O) groups is 1. The lowest BCUT2D eigenvalue weighted by Crippen LogP contribution is -2.20. The minimum Gasteiger partial charge on any atom is -0.493 e. The van der Waals surface area contributed by atoms with Gasteiger partial charge in [0.05, 0.1) is 32.3 Å². The molecule has 1 fully saturated rings. The molecule has 1 aromatic rings. The summed E-state index contributed by atoms with van der Waals surface area (Å²) in [7, 11) is 3.13. The number of nitrogens with zero attached hydrogens (tertiary/aromatic N) is 1. The molecule has 0 unspecified atom stereocenters. The number of benzene rings is 1. The van der Waals surface area contributed by atoms with Crippen molar-refractivity contribution >= 4 is 28.9 Å². The van der Waals surface area contributed by atoms with Gasteiger partial charge in [-0.3, -0.25) is 9.79 Å². The lowest BCUT2D eigenvalue weighted by molar-refractivity contribution is -0.115. The molecule has 0 atom stereocenters. The fraction of sp³-hybridized carbons (Fsp3) is 0.286. The summed E-state index contributed by atoms with van der Waals surface area (Å²) < 4.78 is 10.4. The third-order valence-corrected chi connectivity index (χ3v) is 3.66. The van der Waals surface area contributed by atoms with E-state index in [1.54, 1.807) is 32.4 Å². The van der Waals surface area contributed by atoms with Crippen LogP contribution in [-0.4, -0.2) is 43.6 Å². The summed E-state index contributed by atoms with van der Waals surface area (Å²) in [6, 6.07) is 5.41. The summed E-state index contributed by atoms with van der Waals surface area (Å²) in [5.74, 6) is 1.03. The van der Waals surface area contributed by atoms with Gasteiger partial charge in [0.2, 0.25) is 0 Å². The van der Waals surface area contributed by atoms with E-state index in [-0.39, 0.29) is 19.1 Å². The number of hydrogen-bond donors (Lipinski definition) is 2. The number of aliphatic hydroxyl groups excluding tert-OH is 1. The molecule has 1 aromatic carbocycles. The van der Waals surface area contributed by atoms with Crippen molar-refractivity contribution < 1.29 is 19.4 Å². The molecule has 2 N–H and O–H groups in total. The highest BCUT2D eigenvalue weighted by molar-refractivity contribution is 8.18. The first-order chi connectivity index (χ1) is 10.2. The second-order valence-electron chi connectivity index (χ2n) is 4.09. The van der Waals surface area contributed by atoms with E-state index in [1.165, 1.54) is 11.8 Å². The first kappa shape index (κ1) is 15.4. The minimum absolute atomic E-state index is 0.0470. The third kappa shape index (κ3) is 3.77. The zero-order valence-corrected chi connectivity index (χ0v) is 12.6. The number of aliphatic imine (C=N–C) groups is 1. The number of amidine groups is 1. The second-order valence-corrected chi connectivity index (χ2v) is 5.12. The van der Waals surface area contributed by atoms with Gasteiger partial charge in [0.1, 0.15) is 0 Å². The van der Waals surface area contributed by atoms with Crippen molar-refractivity contribution in [2.75, 3.05) is 27.4 Å². The fourth-order valence-electron chi connectivity index (χ4n) is 1.75. The van der Waals surface area contributed by atoms with Gasteiger partial charge in [0.25, 0.3) is 5.91 Å². The summed E-state index contributed by atoms with van der Waals surface area (Å²) >= 11 is 1.24. The van der Waals surface area contributed by atoms with Gasteiger partial charge in [-0.15, -0.1) is 0 Å². The van der Waals surface area contributed by atoms with Crippen LogP contribution in [0, 0.1) is 0 Å². The summed E-state index contributed by atoms with van der Waals surface area (Å²) in [6.45, 7) is 0.223. The molecule has 0 radical (unpaired) electrons. The third-order valence-electron chi connectivity index (χ3n) is 2.71. The van der Waals surface area contributed by atoms with Crippen LogP contribution in [0.2, 0.25) is 0 Å². The first-order valence-corrected chi connectivity index (χ1v) is 7.08. The molecular weight excluding hydrogens is 292 g/mol. The van der Waals surface area contributed by atoms with Crippen LogP contribution >= 0.6 is 11.8 Å². The van der Waals surface area contributed by atoms with Crippen LogP contribution in [0.15, 0.2) is 28.1 Å². The molecule has 2 rings (SSSR count). The van der Waals surface area contributed by atoms with Crippen molar-refractivity contribution in [3.05, 3.63) is 28.7 Å². The van der Waals surface area contributed by atoms with Gasteiger partial charge in [-0.2, -0.15) is 0 Å². The summed E-state index contributed by atoms with van der Waals surface area (Å²) in [4.78, 5) is 16.4. The molecule has 0 bridgehead atoms. The molecule has 1 saturated heterocycles. The van der Waals surface area contributed by atoms with Crippen LogP contribution in [0.25, 0.3) is 6.08 Å². The molecule has 0 aliphatic carbocycles. The molecule has 0 saturated carbocycles. The van der Waals surface area contributed by atoms with Gasteiger partial charge in [0.15, 0.2) is 16.7 Å². The molecule has 1 aliphatic heterocycles. The van der Waals surface area contributed by atoms with Gasteiger partial charge >= 0.3 is 0 Å². The van der Waals surface area contributed by atoms with E-state index in [2.05, 4.69) is 10.3 Å². The Morgan fingerprint density at radius 3 is 2.76 bits per heavy atom. The van der Waals surface area contributed by atoms with Gasteiger partial charge in [-0.1, -0.05) is 6.07 Å². The maximum atomic E-state index is 11.8. The van der Waals surface area contributed by atoms with Crippen LogP contribution in [-0.2, 0) is 4.79 Å².